The number of nitrogens with zero attached hydrogens (tertiary/aromatic N) is 1. The highest BCUT2D eigenvalue weighted by atomic mass is 32.1. The summed E-state index contributed by atoms with van der Waals surface area (Å²) in [6.07, 6.45) is -0.493. The summed E-state index contributed by atoms with van der Waals surface area (Å²) in [6.45, 7) is 0.161. The molecule has 0 unspecified atom stereocenters. The maximum atomic E-state index is 12.6. The van der Waals surface area contributed by atoms with Gasteiger partial charge in [0.15, 0.2) is 0 Å². The zero-order valence-corrected chi connectivity index (χ0v) is 12.8. The molecule has 2 aromatic rings. The molecule has 3 rings (SSSR count). The standard InChI is InChI=1S/C16H15NO4S/c1-20-16(19)14-10-17(12-6-2-3-7-13(12)21-14)15(18)9-11-5-4-8-22-11/h2-8,14H,9-10H2,1H3/t14-/m1/s1. The van der Waals surface area contributed by atoms with Crippen LogP contribution in [0.1, 0.15) is 4.88 Å². The zero-order chi connectivity index (χ0) is 15.5. The van der Waals surface area contributed by atoms with E-state index in [-0.39, 0.29) is 12.5 Å². The number of carbonyl (C=O) groups excluding carboxylic acids is 2. The van der Waals surface area contributed by atoms with E-state index in [2.05, 4.69) is 0 Å². The fourth-order valence-corrected chi connectivity index (χ4v) is 3.08. The normalized spacial score (nSPS) is 16.6. The van der Waals surface area contributed by atoms with Gasteiger partial charge in [0.05, 0.1) is 25.8 Å². The van der Waals surface area contributed by atoms with Gasteiger partial charge in [0.2, 0.25) is 12.0 Å². The van der Waals surface area contributed by atoms with Gasteiger partial charge in [-0.2, -0.15) is 0 Å². The molecule has 0 N–H and O–H groups in total. The van der Waals surface area contributed by atoms with Crippen LogP contribution in [0.25, 0.3) is 0 Å². The average Bonchev–Trinajstić information content (AvgIpc) is 3.05. The maximum Gasteiger partial charge on any atom is 0.348 e. The number of thiophene rings is 1. The molecule has 0 aliphatic carbocycles. The van der Waals surface area contributed by atoms with Crippen LogP contribution >= 0.6 is 11.3 Å². The van der Waals surface area contributed by atoms with E-state index in [1.165, 1.54) is 18.4 Å². The monoisotopic (exact) mass is 317 g/mol. The predicted octanol–water partition coefficient (Wildman–Crippen LogP) is 2.26. The van der Waals surface area contributed by atoms with E-state index in [1.54, 1.807) is 17.0 Å². The summed E-state index contributed by atoms with van der Waals surface area (Å²) in [5, 5.41) is 1.94. The Bertz CT molecular complexity index is 683. The molecule has 6 heteroatoms. The van der Waals surface area contributed by atoms with Crippen LogP contribution in [0.2, 0.25) is 0 Å². The van der Waals surface area contributed by atoms with Crippen LogP contribution < -0.4 is 9.64 Å². The smallest absolute Gasteiger partial charge is 0.348 e. The van der Waals surface area contributed by atoms with Crippen molar-refractivity contribution in [2.45, 2.75) is 12.5 Å². The number of hydrogen-bond donors (Lipinski definition) is 0. The van der Waals surface area contributed by atoms with Crippen molar-refractivity contribution in [1.82, 2.24) is 0 Å². The predicted molar refractivity (Wildman–Crippen MR) is 83.3 cm³/mol. The lowest BCUT2D eigenvalue weighted by Gasteiger charge is -2.33. The van der Waals surface area contributed by atoms with Crippen LogP contribution in [0.3, 0.4) is 0 Å². The Labute approximate surface area is 132 Å². The molecule has 1 amide bonds. The van der Waals surface area contributed by atoms with Crippen molar-refractivity contribution in [2.75, 3.05) is 18.6 Å². The summed E-state index contributed by atoms with van der Waals surface area (Å²) in [6, 6.07) is 11.0. The highest BCUT2D eigenvalue weighted by Gasteiger charge is 2.34. The van der Waals surface area contributed by atoms with Gasteiger partial charge < -0.3 is 14.4 Å². The minimum absolute atomic E-state index is 0.0629. The van der Waals surface area contributed by atoms with Gasteiger partial charge in [0, 0.05) is 4.88 Å². The fourth-order valence-electron chi connectivity index (χ4n) is 2.38. The molecule has 1 aliphatic rings. The van der Waals surface area contributed by atoms with Crippen molar-refractivity contribution >= 4 is 28.9 Å². The second-order valence-corrected chi connectivity index (χ2v) is 5.89. The number of benzene rings is 1. The quantitative estimate of drug-likeness (QED) is 0.815. The summed E-state index contributed by atoms with van der Waals surface area (Å²) in [7, 11) is 1.31. The van der Waals surface area contributed by atoms with E-state index in [0.29, 0.717) is 17.9 Å². The van der Waals surface area contributed by atoms with Crippen LogP contribution in [0.15, 0.2) is 41.8 Å². The first kappa shape index (κ1) is 14.6. The number of rotatable bonds is 3. The highest BCUT2D eigenvalue weighted by Crippen LogP contribution is 2.33. The van der Waals surface area contributed by atoms with Crippen molar-refractivity contribution in [3.05, 3.63) is 46.7 Å². The van der Waals surface area contributed by atoms with E-state index >= 15 is 0 Å². The van der Waals surface area contributed by atoms with E-state index in [4.69, 9.17) is 9.47 Å². The molecule has 2 heterocycles. The van der Waals surface area contributed by atoms with Gasteiger partial charge >= 0.3 is 5.97 Å². The number of hydrogen-bond acceptors (Lipinski definition) is 5. The summed E-state index contributed by atoms with van der Waals surface area (Å²) in [5.74, 6) is -0.0285. The number of anilines is 1. The Kier molecular flexibility index (Phi) is 4.11. The maximum absolute atomic E-state index is 12.6. The second kappa shape index (κ2) is 6.19. The van der Waals surface area contributed by atoms with Gasteiger partial charge in [-0.15, -0.1) is 11.3 Å². The Morgan fingerprint density at radius 1 is 1.32 bits per heavy atom. The Balaban J connectivity index is 1.87. The lowest BCUT2D eigenvalue weighted by atomic mass is 10.1. The molecule has 0 radical (unpaired) electrons. The molecule has 1 aromatic heterocycles. The van der Waals surface area contributed by atoms with Gasteiger partial charge in [-0.3, -0.25) is 4.79 Å². The number of methoxy groups -OCH3 is 1. The number of esters is 1. The summed E-state index contributed by atoms with van der Waals surface area (Å²) < 4.78 is 10.4. The molecule has 5 nitrogen and oxygen atoms in total. The number of carbonyl (C=O) groups is 2. The van der Waals surface area contributed by atoms with Crippen molar-refractivity contribution < 1.29 is 19.1 Å². The SMILES string of the molecule is COC(=O)[C@H]1CN(C(=O)Cc2cccs2)c2ccccc2O1. The van der Waals surface area contributed by atoms with Crippen molar-refractivity contribution in [2.24, 2.45) is 0 Å². The van der Waals surface area contributed by atoms with Crippen LogP contribution in [-0.2, 0) is 20.7 Å². The van der Waals surface area contributed by atoms with Gasteiger partial charge in [-0.05, 0) is 23.6 Å². The van der Waals surface area contributed by atoms with Gasteiger partial charge in [0.1, 0.15) is 5.75 Å². The van der Waals surface area contributed by atoms with Crippen molar-refractivity contribution in [3.8, 4) is 5.75 Å². The van der Waals surface area contributed by atoms with Crippen LogP contribution in [-0.4, -0.2) is 31.6 Å². The molecular formula is C16H15NO4S. The number of fused-ring (bicyclic) bond motifs is 1. The molecule has 1 aromatic carbocycles. The molecular weight excluding hydrogens is 302 g/mol. The lowest BCUT2D eigenvalue weighted by molar-refractivity contribution is -0.148. The van der Waals surface area contributed by atoms with Crippen molar-refractivity contribution in [3.63, 3.8) is 0 Å². The van der Waals surface area contributed by atoms with E-state index < -0.39 is 12.1 Å². The molecule has 1 atom stereocenters. The largest absolute Gasteiger partial charge is 0.475 e. The molecule has 22 heavy (non-hydrogen) atoms. The Morgan fingerprint density at radius 2 is 2.14 bits per heavy atom. The first-order chi connectivity index (χ1) is 10.7. The Hall–Kier alpha value is -2.34. The molecule has 0 fully saturated rings. The number of ether oxygens (including phenoxy) is 2. The first-order valence-electron chi connectivity index (χ1n) is 6.85. The third-order valence-electron chi connectivity index (χ3n) is 3.44. The first-order valence-corrected chi connectivity index (χ1v) is 7.73. The molecule has 0 saturated carbocycles. The van der Waals surface area contributed by atoms with Gasteiger partial charge in [-0.25, -0.2) is 4.79 Å². The fraction of sp³-hybridized carbons (Fsp3) is 0.250. The van der Waals surface area contributed by atoms with E-state index in [1.807, 2.05) is 29.6 Å². The van der Waals surface area contributed by atoms with Crippen LogP contribution in [0, 0.1) is 0 Å². The van der Waals surface area contributed by atoms with Crippen LogP contribution in [0.5, 0.6) is 5.75 Å². The second-order valence-electron chi connectivity index (χ2n) is 4.86. The molecule has 114 valence electrons. The summed E-state index contributed by atoms with van der Waals surface area (Å²) in [5.41, 5.74) is 0.684. The average molecular weight is 317 g/mol. The third kappa shape index (κ3) is 2.82. The summed E-state index contributed by atoms with van der Waals surface area (Å²) >= 11 is 1.54. The topological polar surface area (TPSA) is 55.8 Å². The molecule has 1 aliphatic heterocycles. The Morgan fingerprint density at radius 3 is 2.86 bits per heavy atom. The minimum Gasteiger partial charge on any atom is -0.475 e. The van der Waals surface area contributed by atoms with E-state index in [9.17, 15) is 9.59 Å². The van der Waals surface area contributed by atoms with E-state index in [0.717, 1.165) is 4.88 Å². The molecule has 0 bridgehead atoms. The van der Waals surface area contributed by atoms with Crippen molar-refractivity contribution in [1.29, 1.82) is 0 Å². The lowest BCUT2D eigenvalue weighted by Crippen LogP contribution is -2.48. The number of para-hydroxylation sites is 2. The highest BCUT2D eigenvalue weighted by molar-refractivity contribution is 7.10. The summed E-state index contributed by atoms with van der Waals surface area (Å²) in [4.78, 5) is 27.0. The number of amides is 1. The molecule has 0 saturated heterocycles. The van der Waals surface area contributed by atoms with Gasteiger partial charge in [0.25, 0.3) is 0 Å². The third-order valence-corrected chi connectivity index (χ3v) is 4.32. The van der Waals surface area contributed by atoms with Crippen LogP contribution in [0.4, 0.5) is 5.69 Å². The minimum atomic E-state index is -0.799. The van der Waals surface area contributed by atoms with Gasteiger partial charge in [-0.1, -0.05) is 18.2 Å². The zero-order valence-electron chi connectivity index (χ0n) is 12.0. The molecule has 0 spiro atoms.